The van der Waals surface area contributed by atoms with Crippen molar-refractivity contribution in [3.05, 3.63) is 0 Å². The minimum atomic E-state index is -0.330. The Labute approximate surface area is 78.5 Å². The molecule has 1 aliphatic carbocycles. The number of hydrogen-bond donors (Lipinski definition) is 3. The number of rotatable bonds is 4. The number of aliphatic hydroxyl groups is 1. The third-order valence-electron chi connectivity index (χ3n) is 2.83. The molecular weight excluding hydrogens is 168 g/mol. The summed E-state index contributed by atoms with van der Waals surface area (Å²) < 4.78 is 0. The van der Waals surface area contributed by atoms with Gasteiger partial charge in [-0.15, -0.1) is 0 Å². The quantitative estimate of drug-likeness (QED) is 0.560. The standard InChI is InChI=1S/C9H18N2O2/c1-7(5-12)11-8(13)9(6-10)3-2-4-9/h7,12H,2-6,10H2,1H3,(H,11,13)/t7-/m0/s1. The highest BCUT2D eigenvalue weighted by Gasteiger charge is 2.42. The molecule has 4 N–H and O–H groups in total. The maximum Gasteiger partial charge on any atom is 0.227 e. The number of amides is 1. The summed E-state index contributed by atoms with van der Waals surface area (Å²) in [5, 5.41) is 11.5. The van der Waals surface area contributed by atoms with Crippen LogP contribution in [-0.2, 0) is 4.79 Å². The Morgan fingerprint density at radius 1 is 1.69 bits per heavy atom. The fourth-order valence-corrected chi connectivity index (χ4v) is 1.55. The van der Waals surface area contributed by atoms with E-state index in [0.29, 0.717) is 6.54 Å². The van der Waals surface area contributed by atoms with E-state index in [0.717, 1.165) is 19.3 Å². The molecule has 1 saturated carbocycles. The number of hydrogen-bond acceptors (Lipinski definition) is 3. The van der Waals surface area contributed by atoms with Gasteiger partial charge in [-0.1, -0.05) is 6.42 Å². The molecule has 0 heterocycles. The molecule has 1 rings (SSSR count). The fraction of sp³-hybridized carbons (Fsp3) is 0.889. The van der Waals surface area contributed by atoms with Gasteiger partial charge in [-0.2, -0.15) is 0 Å². The van der Waals surface area contributed by atoms with Gasteiger partial charge in [-0.25, -0.2) is 0 Å². The van der Waals surface area contributed by atoms with E-state index in [9.17, 15) is 4.79 Å². The molecule has 0 aromatic rings. The molecule has 0 saturated heterocycles. The van der Waals surface area contributed by atoms with Crippen LogP contribution >= 0.6 is 0 Å². The molecule has 76 valence electrons. The van der Waals surface area contributed by atoms with Crippen LogP contribution < -0.4 is 11.1 Å². The van der Waals surface area contributed by atoms with Crippen molar-refractivity contribution >= 4 is 5.91 Å². The van der Waals surface area contributed by atoms with Gasteiger partial charge in [0, 0.05) is 12.6 Å². The first-order valence-electron chi connectivity index (χ1n) is 4.76. The minimum Gasteiger partial charge on any atom is -0.394 e. The Morgan fingerprint density at radius 3 is 2.62 bits per heavy atom. The summed E-state index contributed by atoms with van der Waals surface area (Å²) in [6, 6.07) is -0.170. The average molecular weight is 186 g/mol. The van der Waals surface area contributed by atoms with Gasteiger partial charge in [-0.3, -0.25) is 4.79 Å². The van der Waals surface area contributed by atoms with E-state index in [4.69, 9.17) is 10.8 Å². The molecule has 1 fully saturated rings. The molecular formula is C9H18N2O2. The molecule has 1 atom stereocenters. The first kappa shape index (κ1) is 10.5. The smallest absolute Gasteiger partial charge is 0.227 e. The normalized spacial score (nSPS) is 21.8. The molecule has 4 heteroatoms. The highest BCUT2D eigenvalue weighted by molar-refractivity contribution is 5.84. The summed E-state index contributed by atoms with van der Waals surface area (Å²) in [7, 11) is 0. The number of nitrogens with two attached hydrogens (primary N) is 1. The fourth-order valence-electron chi connectivity index (χ4n) is 1.55. The summed E-state index contributed by atoms with van der Waals surface area (Å²) in [5.74, 6) is 0.00259. The van der Waals surface area contributed by atoms with Crippen molar-refractivity contribution in [2.75, 3.05) is 13.2 Å². The number of carbonyl (C=O) groups is 1. The number of carbonyl (C=O) groups excluding carboxylic acids is 1. The second kappa shape index (κ2) is 4.07. The predicted molar refractivity (Wildman–Crippen MR) is 50.0 cm³/mol. The second-order valence-corrected chi connectivity index (χ2v) is 3.90. The topological polar surface area (TPSA) is 75.3 Å². The monoisotopic (exact) mass is 186 g/mol. The number of aliphatic hydroxyl groups excluding tert-OH is 1. The van der Waals surface area contributed by atoms with Gasteiger partial charge in [0.05, 0.1) is 12.0 Å². The Hall–Kier alpha value is -0.610. The summed E-state index contributed by atoms with van der Waals surface area (Å²) in [6.45, 7) is 2.17. The lowest BCUT2D eigenvalue weighted by Gasteiger charge is -2.39. The van der Waals surface area contributed by atoms with E-state index in [1.165, 1.54) is 0 Å². The molecule has 0 aliphatic heterocycles. The van der Waals surface area contributed by atoms with E-state index < -0.39 is 0 Å². The maximum absolute atomic E-state index is 11.6. The zero-order chi connectivity index (χ0) is 9.90. The molecule has 0 unspecified atom stereocenters. The van der Waals surface area contributed by atoms with Crippen LogP contribution in [-0.4, -0.2) is 30.2 Å². The van der Waals surface area contributed by atoms with Crippen molar-refractivity contribution in [2.45, 2.75) is 32.2 Å². The molecule has 0 spiro atoms. The Kier molecular flexibility index (Phi) is 3.27. The van der Waals surface area contributed by atoms with Crippen LogP contribution in [0.2, 0.25) is 0 Å². The first-order valence-corrected chi connectivity index (χ1v) is 4.76. The number of nitrogens with one attached hydrogen (secondary N) is 1. The van der Waals surface area contributed by atoms with E-state index >= 15 is 0 Å². The Bertz CT molecular complexity index is 185. The summed E-state index contributed by atoms with van der Waals surface area (Å²) >= 11 is 0. The molecule has 0 radical (unpaired) electrons. The molecule has 0 aromatic heterocycles. The van der Waals surface area contributed by atoms with E-state index in [-0.39, 0.29) is 24.0 Å². The van der Waals surface area contributed by atoms with Crippen molar-refractivity contribution < 1.29 is 9.90 Å². The van der Waals surface area contributed by atoms with Crippen LogP contribution in [0.3, 0.4) is 0 Å². The van der Waals surface area contributed by atoms with Crippen molar-refractivity contribution in [3.8, 4) is 0 Å². The van der Waals surface area contributed by atoms with Gasteiger partial charge in [0.1, 0.15) is 0 Å². The largest absolute Gasteiger partial charge is 0.394 e. The second-order valence-electron chi connectivity index (χ2n) is 3.90. The molecule has 0 bridgehead atoms. The lowest BCUT2D eigenvalue weighted by atomic mass is 9.68. The molecule has 1 aliphatic rings. The van der Waals surface area contributed by atoms with Crippen molar-refractivity contribution in [1.29, 1.82) is 0 Å². The first-order chi connectivity index (χ1) is 6.14. The molecule has 1 amide bonds. The highest BCUT2D eigenvalue weighted by atomic mass is 16.3. The summed E-state index contributed by atoms with van der Waals surface area (Å²) in [4.78, 5) is 11.6. The van der Waals surface area contributed by atoms with Crippen LogP contribution in [0.25, 0.3) is 0 Å². The molecule has 4 nitrogen and oxygen atoms in total. The van der Waals surface area contributed by atoms with E-state index in [1.54, 1.807) is 6.92 Å². The van der Waals surface area contributed by atoms with Crippen molar-refractivity contribution in [1.82, 2.24) is 5.32 Å². The van der Waals surface area contributed by atoms with Crippen molar-refractivity contribution in [2.24, 2.45) is 11.1 Å². The van der Waals surface area contributed by atoms with Crippen LogP contribution in [0.15, 0.2) is 0 Å². The van der Waals surface area contributed by atoms with Gasteiger partial charge in [-0.05, 0) is 19.8 Å². The van der Waals surface area contributed by atoms with Crippen LogP contribution in [0, 0.1) is 5.41 Å². The molecule has 0 aromatic carbocycles. The lowest BCUT2D eigenvalue weighted by Crippen LogP contribution is -2.52. The third kappa shape index (κ3) is 2.00. The van der Waals surface area contributed by atoms with E-state index in [2.05, 4.69) is 5.32 Å². The maximum atomic E-state index is 11.6. The predicted octanol–water partition coefficient (Wildman–Crippen LogP) is -0.388. The highest BCUT2D eigenvalue weighted by Crippen LogP contribution is 2.39. The summed E-state index contributed by atoms with van der Waals surface area (Å²) in [5.41, 5.74) is 5.23. The SMILES string of the molecule is C[C@@H](CO)NC(=O)C1(CN)CCC1. The van der Waals surface area contributed by atoms with Gasteiger partial charge in [0.25, 0.3) is 0 Å². The van der Waals surface area contributed by atoms with Crippen molar-refractivity contribution in [3.63, 3.8) is 0 Å². The van der Waals surface area contributed by atoms with Gasteiger partial charge < -0.3 is 16.2 Å². The lowest BCUT2D eigenvalue weighted by molar-refractivity contribution is -0.136. The third-order valence-corrected chi connectivity index (χ3v) is 2.83. The van der Waals surface area contributed by atoms with Gasteiger partial charge in [0.15, 0.2) is 0 Å². The van der Waals surface area contributed by atoms with Gasteiger partial charge >= 0.3 is 0 Å². The average Bonchev–Trinajstić information content (AvgIpc) is 2.03. The van der Waals surface area contributed by atoms with Crippen LogP contribution in [0.5, 0.6) is 0 Å². The van der Waals surface area contributed by atoms with Crippen LogP contribution in [0.1, 0.15) is 26.2 Å². The van der Waals surface area contributed by atoms with E-state index in [1.807, 2.05) is 0 Å². The minimum absolute atomic E-state index is 0.00259. The Morgan fingerprint density at radius 2 is 2.31 bits per heavy atom. The Balaban J connectivity index is 2.46. The molecule has 13 heavy (non-hydrogen) atoms. The zero-order valence-electron chi connectivity index (χ0n) is 8.05. The summed E-state index contributed by atoms with van der Waals surface area (Å²) in [6.07, 6.45) is 2.85. The van der Waals surface area contributed by atoms with Gasteiger partial charge in [0.2, 0.25) is 5.91 Å². The zero-order valence-corrected chi connectivity index (χ0v) is 8.05. The van der Waals surface area contributed by atoms with Crippen LogP contribution in [0.4, 0.5) is 0 Å².